The molecule has 1 unspecified atom stereocenters. The number of hydrogen-bond acceptors (Lipinski definition) is 3. The molecule has 0 spiro atoms. The van der Waals surface area contributed by atoms with Crippen LogP contribution in [0, 0.1) is 0 Å². The van der Waals surface area contributed by atoms with Crippen LogP contribution >= 0.6 is 0 Å². The van der Waals surface area contributed by atoms with Crippen molar-refractivity contribution in [1.82, 2.24) is 10.3 Å². The number of rotatable bonds is 4. The number of amides is 1. The summed E-state index contributed by atoms with van der Waals surface area (Å²) < 4.78 is 4.76. The zero-order valence-electron chi connectivity index (χ0n) is 7.91. The topological polar surface area (TPSA) is 55.1 Å². The molecule has 13 heavy (non-hydrogen) atoms. The predicted molar refractivity (Wildman–Crippen MR) is 48.1 cm³/mol. The Bertz CT molecular complexity index is 257. The van der Waals surface area contributed by atoms with Gasteiger partial charge in [-0.25, -0.2) is 4.98 Å². The highest BCUT2D eigenvalue weighted by atomic mass is 16.3. The van der Waals surface area contributed by atoms with Gasteiger partial charge >= 0.3 is 0 Å². The third-order valence-electron chi connectivity index (χ3n) is 1.84. The van der Waals surface area contributed by atoms with Crippen molar-refractivity contribution in [3.05, 3.63) is 18.4 Å². The lowest BCUT2D eigenvalue weighted by Gasteiger charge is -2.09. The van der Waals surface area contributed by atoms with Crippen molar-refractivity contribution in [2.45, 2.75) is 32.7 Å². The SMILES string of the molecule is CCC(C)NC(=O)Cc1cocn1. The lowest BCUT2D eigenvalue weighted by molar-refractivity contribution is -0.121. The first kappa shape index (κ1) is 9.77. The summed E-state index contributed by atoms with van der Waals surface area (Å²) in [6, 6.07) is 0.222. The molecular formula is C9H14N2O2. The van der Waals surface area contributed by atoms with E-state index in [1.165, 1.54) is 12.7 Å². The van der Waals surface area contributed by atoms with E-state index >= 15 is 0 Å². The quantitative estimate of drug-likeness (QED) is 0.759. The van der Waals surface area contributed by atoms with Crippen LogP contribution in [0.3, 0.4) is 0 Å². The molecule has 1 heterocycles. The maximum absolute atomic E-state index is 11.3. The monoisotopic (exact) mass is 182 g/mol. The zero-order valence-corrected chi connectivity index (χ0v) is 7.91. The maximum atomic E-state index is 11.3. The van der Waals surface area contributed by atoms with Crippen molar-refractivity contribution >= 4 is 5.91 Å². The third-order valence-corrected chi connectivity index (χ3v) is 1.84. The molecule has 1 aromatic heterocycles. The van der Waals surface area contributed by atoms with Gasteiger partial charge in [0.05, 0.1) is 12.1 Å². The van der Waals surface area contributed by atoms with Crippen molar-refractivity contribution in [1.29, 1.82) is 0 Å². The van der Waals surface area contributed by atoms with Gasteiger partial charge in [-0.15, -0.1) is 0 Å². The molecule has 0 aliphatic heterocycles. The second-order valence-corrected chi connectivity index (χ2v) is 3.03. The highest BCUT2D eigenvalue weighted by Gasteiger charge is 2.07. The van der Waals surface area contributed by atoms with E-state index in [-0.39, 0.29) is 11.9 Å². The highest BCUT2D eigenvalue weighted by Crippen LogP contribution is 1.96. The molecule has 0 bridgehead atoms. The first-order chi connectivity index (χ1) is 6.22. The van der Waals surface area contributed by atoms with Crippen molar-refractivity contribution in [2.24, 2.45) is 0 Å². The van der Waals surface area contributed by atoms with Crippen LogP contribution in [0.4, 0.5) is 0 Å². The third kappa shape index (κ3) is 3.27. The Hall–Kier alpha value is -1.32. The van der Waals surface area contributed by atoms with Gasteiger partial charge in [0.2, 0.25) is 5.91 Å². The van der Waals surface area contributed by atoms with Crippen LogP contribution < -0.4 is 5.32 Å². The fraction of sp³-hybridized carbons (Fsp3) is 0.556. The Kier molecular flexibility index (Phi) is 3.49. The Balaban J connectivity index is 2.34. The number of aromatic nitrogens is 1. The number of nitrogens with zero attached hydrogens (tertiary/aromatic N) is 1. The van der Waals surface area contributed by atoms with Gasteiger partial charge in [0.25, 0.3) is 0 Å². The van der Waals surface area contributed by atoms with Crippen molar-refractivity contribution in [3.8, 4) is 0 Å². The van der Waals surface area contributed by atoms with Gasteiger partial charge in [0, 0.05) is 6.04 Å². The summed E-state index contributed by atoms with van der Waals surface area (Å²) in [5.41, 5.74) is 0.667. The number of nitrogens with one attached hydrogen (secondary N) is 1. The van der Waals surface area contributed by atoms with Gasteiger partial charge in [-0.3, -0.25) is 4.79 Å². The Labute approximate surface area is 77.3 Å². The minimum absolute atomic E-state index is 0.0109. The molecule has 1 rings (SSSR count). The Morgan fingerprint density at radius 1 is 1.77 bits per heavy atom. The number of oxazole rings is 1. The minimum atomic E-state index is -0.0109. The molecule has 0 aliphatic rings. The molecular weight excluding hydrogens is 168 g/mol. The van der Waals surface area contributed by atoms with E-state index in [1.807, 2.05) is 13.8 Å². The van der Waals surface area contributed by atoms with Crippen molar-refractivity contribution in [3.63, 3.8) is 0 Å². The van der Waals surface area contributed by atoms with Gasteiger partial charge in [-0.2, -0.15) is 0 Å². The largest absolute Gasteiger partial charge is 0.451 e. The summed E-state index contributed by atoms with van der Waals surface area (Å²) in [6.07, 6.45) is 4.04. The summed E-state index contributed by atoms with van der Waals surface area (Å²) in [5.74, 6) is -0.0109. The van der Waals surface area contributed by atoms with Crippen LogP contribution in [0.25, 0.3) is 0 Å². The Morgan fingerprint density at radius 3 is 3.08 bits per heavy atom. The second kappa shape index (κ2) is 4.64. The molecule has 1 atom stereocenters. The molecule has 1 amide bonds. The van der Waals surface area contributed by atoms with E-state index in [9.17, 15) is 4.79 Å². The van der Waals surface area contributed by atoms with Gasteiger partial charge in [0.15, 0.2) is 6.39 Å². The molecule has 0 radical (unpaired) electrons. The van der Waals surface area contributed by atoms with E-state index in [0.717, 1.165) is 6.42 Å². The minimum Gasteiger partial charge on any atom is -0.451 e. The molecule has 0 saturated heterocycles. The normalized spacial score (nSPS) is 12.5. The van der Waals surface area contributed by atoms with Crippen LogP contribution in [0.15, 0.2) is 17.1 Å². The van der Waals surface area contributed by atoms with Crippen molar-refractivity contribution < 1.29 is 9.21 Å². The summed E-state index contributed by atoms with van der Waals surface area (Å²) >= 11 is 0. The average molecular weight is 182 g/mol. The van der Waals surface area contributed by atoms with Gasteiger partial charge in [-0.1, -0.05) is 6.92 Å². The van der Waals surface area contributed by atoms with Gasteiger partial charge < -0.3 is 9.73 Å². The lowest BCUT2D eigenvalue weighted by Crippen LogP contribution is -2.33. The Morgan fingerprint density at radius 2 is 2.54 bits per heavy atom. The average Bonchev–Trinajstić information content (AvgIpc) is 2.56. The van der Waals surface area contributed by atoms with E-state index in [2.05, 4.69) is 10.3 Å². The molecule has 1 aromatic rings. The smallest absolute Gasteiger partial charge is 0.226 e. The first-order valence-electron chi connectivity index (χ1n) is 4.38. The van der Waals surface area contributed by atoms with E-state index in [1.54, 1.807) is 0 Å². The van der Waals surface area contributed by atoms with Crippen LogP contribution in [0.5, 0.6) is 0 Å². The predicted octanol–water partition coefficient (Wildman–Crippen LogP) is 1.13. The summed E-state index contributed by atoms with van der Waals surface area (Å²) in [5, 5.41) is 2.85. The second-order valence-electron chi connectivity index (χ2n) is 3.03. The molecule has 0 aromatic carbocycles. The molecule has 4 nitrogen and oxygen atoms in total. The molecule has 4 heteroatoms. The van der Waals surface area contributed by atoms with Gasteiger partial charge in [-0.05, 0) is 13.3 Å². The molecule has 72 valence electrons. The lowest BCUT2D eigenvalue weighted by atomic mass is 10.2. The molecule has 0 fully saturated rings. The number of carbonyl (C=O) groups excluding carboxylic acids is 1. The maximum Gasteiger partial charge on any atom is 0.226 e. The van der Waals surface area contributed by atoms with Crippen LogP contribution in [-0.4, -0.2) is 16.9 Å². The van der Waals surface area contributed by atoms with Crippen molar-refractivity contribution in [2.75, 3.05) is 0 Å². The fourth-order valence-corrected chi connectivity index (χ4v) is 0.917. The standard InChI is InChI=1S/C9H14N2O2/c1-3-7(2)11-9(12)4-8-5-13-6-10-8/h5-7H,3-4H2,1-2H3,(H,11,12). The summed E-state index contributed by atoms with van der Waals surface area (Å²) in [6.45, 7) is 4.00. The van der Waals surface area contributed by atoms with E-state index < -0.39 is 0 Å². The first-order valence-corrected chi connectivity index (χ1v) is 4.38. The highest BCUT2D eigenvalue weighted by molar-refractivity contribution is 5.78. The fourth-order valence-electron chi connectivity index (χ4n) is 0.917. The van der Waals surface area contributed by atoms with E-state index in [4.69, 9.17) is 4.42 Å². The molecule has 0 saturated carbocycles. The zero-order chi connectivity index (χ0) is 9.68. The van der Waals surface area contributed by atoms with Crippen LogP contribution in [-0.2, 0) is 11.2 Å². The summed E-state index contributed by atoms with van der Waals surface area (Å²) in [4.78, 5) is 15.1. The van der Waals surface area contributed by atoms with E-state index in [0.29, 0.717) is 12.1 Å². The van der Waals surface area contributed by atoms with Gasteiger partial charge in [0.1, 0.15) is 6.26 Å². The van der Waals surface area contributed by atoms with Crippen LogP contribution in [0.1, 0.15) is 26.0 Å². The number of carbonyl (C=O) groups is 1. The molecule has 0 aliphatic carbocycles. The van der Waals surface area contributed by atoms with Crippen LogP contribution in [0.2, 0.25) is 0 Å². The number of hydrogen-bond donors (Lipinski definition) is 1. The molecule has 1 N–H and O–H groups in total. The summed E-state index contributed by atoms with van der Waals surface area (Å²) in [7, 11) is 0.